The van der Waals surface area contributed by atoms with E-state index in [-0.39, 0.29) is 5.56 Å². The van der Waals surface area contributed by atoms with Crippen LogP contribution in [-0.4, -0.2) is 36.5 Å². The minimum absolute atomic E-state index is 0.0410. The van der Waals surface area contributed by atoms with Crippen LogP contribution in [0, 0.1) is 0 Å². The fraction of sp³-hybridized carbons (Fsp3) is 0.533. The molecular formula is C15H19F3N2O. The van der Waals surface area contributed by atoms with Gasteiger partial charge in [0.2, 0.25) is 0 Å². The summed E-state index contributed by atoms with van der Waals surface area (Å²) in [5.41, 5.74) is -0.761. The lowest BCUT2D eigenvalue weighted by Gasteiger charge is -2.20. The van der Waals surface area contributed by atoms with E-state index in [0.717, 1.165) is 38.1 Å². The van der Waals surface area contributed by atoms with E-state index in [9.17, 15) is 18.0 Å². The molecule has 0 saturated carbocycles. The van der Waals surface area contributed by atoms with Crippen LogP contribution in [0.3, 0.4) is 0 Å². The van der Waals surface area contributed by atoms with Crippen LogP contribution < -0.4 is 5.32 Å². The number of alkyl halides is 3. The molecular weight excluding hydrogens is 281 g/mol. The molecule has 1 aromatic carbocycles. The number of hydrogen-bond donors (Lipinski definition) is 1. The molecule has 0 aliphatic carbocycles. The quantitative estimate of drug-likeness (QED) is 0.927. The SMILES string of the molecule is CC1CCCN1CCNC(=O)c1cccc(C(F)(F)F)c1. The predicted octanol–water partition coefficient (Wildman–Crippen LogP) is 2.92. The molecule has 21 heavy (non-hydrogen) atoms. The lowest BCUT2D eigenvalue weighted by molar-refractivity contribution is -0.137. The summed E-state index contributed by atoms with van der Waals surface area (Å²) in [7, 11) is 0. The van der Waals surface area contributed by atoms with E-state index in [4.69, 9.17) is 0 Å². The molecule has 0 aromatic heterocycles. The van der Waals surface area contributed by atoms with Gasteiger partial charge < -0.3 is 5.32 Å². The van der Waals surface area contributed by atoms with Crippen molar-refractivity contribution in [1.82, 2.24) is 10.2 Å². The van der Waals surface area contributed by atoms with Gasteiger partial charge >= 0.3 is 6.18 Å². The lowest BCUT2D eigenvalue weighted by atomic mass is 10.1. The van der Waals surface area contributed by atoms with Crippen LogP contribution in [0.15, 0.2) is 24.3 Å². The maximum atomic E-state index is 12.6. The summed E-state index contributed by atoms with van der Waals surface area (Å²) >= 11 is 0. The zero-order chi connectivity index (χ0) is 15.5. The monoisotopic (exact) mass is 300 g/mol. The van der Waals surface area contributed by atoms with E-state index in [1.807, 2.05) is 0 Å². The molecule has 0 radical (unpaired) electrons. The van der Waals surface area contributed by atoms with Crippen LogP contribution in [0.4, 0.5) is 13.2 Å². The summed E-state index contributed by atoms with van der Waals surface area (Å²) in [4.78, 5) is 14.2. The third-order valence-corrected chi connectivity index (χ3v) is 3.83. The average Bonchev–Trinajstić information content (AvgIpc) is 2.83. The van der Waals surface area contributed by atoms with E-state index in [1.54, 1.807) is 0 Å². The summed E-state index contributed by atoms with van der Waals surface area (Å²) in [5, 5.41) is 2.68. The van der Waals surface area contributed by atoms with Crippen LogP contribution in [0.2, 0.25) is 0 Å². The molecule has 0 spiro atoms. The normalized spacial score (nSPS) is 19.7. The highest BCUT2D eigenvalue weighted by Gasteiger charge is 2.30. The third-order valence-electron chi connectivity index (χ3n) is 3.83. The molecule has 1 unspecified atom stereocenters. The van der Waals surface area contributed by atoms with Crippen LogP contribution in [0.1, 0.15) is 35.7 Å². The molecule has 1 saturated heterocycles. The van der Waals surface area contributed by atoms with E-state index in [1.165, 1.54) is 12.1 Å². The Labute approximate surface area is 122 Å². The minimum Gasteiger partial charge on any atom is -0.351 e. The van der Waals surface area contributed by atoms with Gasteiger partial charge in [0.1, 0.15) is 0 Å². The highest BCUT2D eigenvalue weighted by atomic mass is 19.4. The number of carbonyl (C=O) groups is 1. The maximum Gasteiger partial charge on any atom is 0.416 e. The Kier molecular flexibility index (Phi) is 4.88. The fourth-order valence-electron chi connectivity index (χ4n) is 2.58. The second-order valence-electron chi connectivity index (χ2n) is 5.36. The average molecular weight is 300 g/mol. The van der Waals surface area contributed by atoms with Gasteiger partial charge in [0.15, 0.2) is 0 Å². The van der Waals surface area contributed by atoms with Crippen molar-refractivity contribution in [1.29, 1.82) is 0 Å². The summed E-state index contributed by atoms with van der Waals surface area (Å²) in [5.74, 6) is -0.465. The highest BCUT2D eigenvalue weighted by molar-refractivity contribution is 5.94. The number of rotatable bonds is 4. The number of halogens is 3. The van der Waals surface area contributed by atoms with Crippen LogP contribution in [-0.2, 0) is 6.18 Å². The number of carbonyl (C=O) groups excluding carboxylic acids is 1. The van der Waals surface area contributed by atoms with Gasteiger partial charge in [-0.15, -0.1) is 0 Å². The predicted molar refractivity (Wildman–Crippen MR) is 74.0 cm³/mol. The van der Waals surface area contributed by atoms with Crippen molar-refractivity contribution < 1.29 is 18.0 Å². The molecule has 1 aromatic rings. The molecule has 2 rings (SSSR count). The number of benzene rings is 1. The smallest absolute Gasteiger partial charge is 0.351 e. The van der Waals surface area contributed by atoms with Crippen molar-refractivity contribution in [3.05, 3.63) is 35.4 Å². The Morgan fingerprint density at radius 3 is 2.81 bits per heavy atom. The molecule has 1 amide bonds. The molecule has 1 heterocycles. The van der Waals surface area contributed by atoms with E-state index < -0.39 is 17.6 Å². The number of nitrogens with one attached hydrogen (secondary N) is 1. The van der Waals surface area contributed by atoms with Gasteiger partial charge in [0.25, 0.3) is 5.91 Å². The standard InChI is InChI=1S/C15H19F3N2O/c1-11-4-3-8-20(11)9-7-19-14(21)12-5-2-6-13(10-12)15(16,17)18/h2,5-6,10-11H,3-4,7-9H2,1H3,(H,19,21). The minimum atomic E-state index is -4.43. The number of likely N-dealkylation sites (tertiary alicyclic amines) is 1. The van der Waals surface area contributed by atoms with Crippen LogP contribution >= 0.6 is 0 Å². The van der Waals surface area contributed by atoms with Gasteiger partial charge in [-0.25, -0.2) is 0 Å². The summed E-state index contributed by atoms with van der Waals surface area (Å²) in [6, 6.07) is 5.00. The lowest BCUT2D eigenvalue weighted by Crippen LogP contribution is -2.36. The van der Waals surface area contributed by atoms with Crippen molar-refractivity contribution in [2.45, 2.75) is 32.0 Å². The molecule has 3 nitrogen and oxygen atoms in total. The van der Waals surface area contributed by atoms with Gasteiger partial charge in [-0.3, -0.25) is 9.69 Å². The first-order valence-corrected chi connectivity index (χ1v) is 7.07. The molecule has 1 atom stereocenters. The van der Waals surface area contributed by atoms with E-state index in [0.29, 0.717) is 12.6 Å². The Hall–Kier alpha value is -1.56. The number of hydrogen-bond acceptors (Lipinski definition) is 2. The first kappa shape index (κ1) is 15.8. The van der Waals surface area contributed by atoms with Crippen molar-refractivity contribution >= 4 is 5.91 Å². The van der Waals surface area contributed by atoms with Gasteiger partial charge in [0.05, 0.1) is 5.56 Å². The Bertz CT molecular complexity index is 502. The zero-order valence-corrected chi connectivity index (χ0v) is 11.9. The topological polar surface area (TPSA) is 32.3 Å². The van der Waals surface area contributed by atoms with Crippen molar-refractivity contribution in [2.24, 2.45) is 0 Å². The van der Waals surface area contributed by atoms with E-state index >= 15 is 0 Å². The second-order valence-corrected chi connectivity index (χ2v) is 5.36. The Morgan fingerprint density at radius 2 is 2.19 bits per heavy atom. The van der Waals surface area contributed by atoms with Crippen molar-refractivity contribution in [3.63, 3.8) is 0 Å². The van der Waals surface area contributed by atoms with Gasteiger partial charge in [-0.05, 0) is 44.5 Å². The van der Waals surface area contributed by atoms with E-state index in [2.05, 4.69) is 17.1 Å². The number of nitrogens with zero attached hydrogens (tertiary/aromatic N) is 1. The summed E-state index contributed by atoms with van der Waals surface area (Å²) in [6.07, 6.45) is -2.12. The first-order chi connectivity index (χ1) is 9.88. The third kappa shape index (κ3) is 4.20. The zero-order valence-electron chi connectivity index (χ0n) is 11.9. The molecule has 6 heteroatoms. The Balaban J connectivity index is 1.88. The van der Waals surface area contributed by atoms with Gasteiger partial charge in [-0.2, -0.15) is 13.2 Å². The molecule has 0 bridgehead atoms. The Morgan fingerprint density at radius 1 is 1.43 bits per heavy atom. The first-order valence-electron chi connectivity index (χ1n) is 7.07. The number of amides is 1. The highest BCUT2D eigenvalue weighted by Crippen LogP contribution is 2.29. The summed E-state index contributed by atoms with van der Waals surface area (Å²) in [6.45, 7) is 4.33. The van der Waals surface area contributed by atoms with Crippen LogP contribution in [0.5, 0.6) is 0 Å². The summed E-state index contributed by atoms with van der Waals surface area (Å²) < 4.78 is 37.8. The largest absolute Gasteiger partial charge is 0.416 e. The van der Waals surface area contributed by atoms with Crippen molar-refractivity contribution in [2.75, 3.05) is 19.6 Å². The molecule has 1 aliphatic heterocycles. The molecule has 116 valence electrons. The van der Waals surface area contributed by atoms with Crippen molar-refractivity contribution in [3.8, 4) is 0 Å². The van der Waals surface area contributed by atoms with Gasteiger partial charge in [0, 0.05) is 24.7 Å². The molecule has 1 fully saturated rings. The van der Waals surface area contributed by atoms with Crippen LogP contribution in [0.25, 0.3) is 0 Å². The fourth-order valence-corrected chi connectivity index (χ4v) is 2.58. The molecule has 1 aliphatic rings. The second kappa shape index (κ2) is 6.47. The maximum absolute atomic E-state index is 12.6. The molecule has 1 N–H and O–H groups in total. The van der Waals surface area contributed by atoms with Gasteiger partial charge in [-0.1, -0.05) is 6.07 Å².